The van der Waals surface area contributed by atoms with Crippen LogP contribution in [0, 0.1) is 0 Å². The third-order valence-corrected chi connectivity index (χ3v) is 15.4. The molecule has 0 rings (SSSR count). The monoisotopic (exact) mass is 160 g/mol. The topological polar surface area (TPSA) is 0 Å². The highest BCUT2D eigenvalue weighted by atomic mass is 29.2. The maximum atomic E-state index is 2.53. The Bertz CT molecular complexity index is 89.6. The van der Waals surface area contributed by atoms with E-state index < -0.39 is 7.59 Å². The molecule has 0 aromatic rings. The van der Waals surface area contributed by atoms with E-state index in [1.807, 2.05) is 0 Å². The van der Waals surface area contributed by atoms with E-state index in [0.29, 0.717) is 5.04 Å². The lowest BCUT2D eigenvalue weighted by molar-refractivity contribution is 0.728. The normalized spacial score (nSPS) is 19.7. The fourth-order valence-corrected chi connectivity index (χ4v) is 1.59. The Morgan fingerprint density at radius 2 is 1.67 bits per heavy atom. The molecule has 2 heteroatoms. The van der Waals surface area contributed by atoms with Crippen LogP contribution in [0.2, 0.25) is 17.6 Å². The summed E-state index contributed by atoms with van der Waals surface area (Å²) in [7, 11) is 0.707. The molecule has 0 nitrogen and oxygen atoms in total. The molecule has 1 unspecified atom stereocenters. The van der Waals surface area contributed by atoms with Crippen molar-refractivity contribution in [2.75, 3.05) is 0 Å². The van der Waals surface area contributed by atoms with Gasteiger partial charge in [0, 0.05) is 7.59 Å². The minimum Gasteiger partial charge on any atom is -0.0714 e. The van der Waals surface area contributed by atoms with Gasteiger partial charge in [0.1, 0.15) is 0 Å². The molecule has 0 fully saturated rings. The summed E-state index contributed by atoms with van der Waals surface area (Å²) in [6.45, 7) is 12.1. The second kappa shape index (κ2) is 2.58. The van der Waals surface area contributed by atoms with Crippen LogP contribution < -0.4 is 0 Å². The van der Waals surface area contributed by atoms with Crippen molar-refractivity contribution in [3.8, 4) is 0 Å². The highest BCUT2D eigenvalue weighted by molar-refractivity contribution is 7.18. The zero-order chi connectivity index (χ0) is 7.71. The Hall–Kier alpha value is 0.434. The zero-order valence-electron chi connectivity index (χ0n) is 7.71. The van der Waals surface area contributed by atoms with Gasteiger partial charge in [0.25, 0.3) is 0 Å². The molecule has 0 amide bonds. The Balaban J connectivity index is 4.14. The van der Waals surface area contributed by atoms with E-state index in [4.69, 9.17) is 0 Å². The predicted molar refractivity (Wildman–Crippen MR) is 51.8 cm³/mol. The van der Waals surface area contributed by atoms with Gasteiger partial charge >= 0.3 is 0 Å². The molecule has 0 aliphatic rings. The summed E-state index contributed by atoms with van der Waals surface area (Å²) in [5, 5.41) is 0.647. The number of hydrogen-bond acceptors (Lipinski definition) is 0. The Morgan fingerprint density at radius 3 is 1.67 bits per heavy atom. The van der Waals surface area contributed by atoms with E-state index in [9.17, 15) is 0 Å². The van der Waals surface area contributed by atoms with Crippen LogP contribution in [0.25, 0.3) is 0 Å². The molecule has 56 valence electrons. The summed E-state index contributed by atoms with van der Waals surface area (Å²) < 4.78 is 0. The van der Waals surface area contributed by atoms with Gasteiger partial charge in [-0.25, -0.2) is 0 Å². The third-order valence-electron chi connectivity index (χ3n) is 2.91. The lowest BCUT2D eigenvalue weighted by Gasteiger charge is -2.36. The Morgan fingerprint density at radius 1 is 1.33 bits per heavy atom. The molecule has 0 heterocycles. The minimum absolute atomic E-state index is 0.647. The predicted octanol–water partition coefficient (Wildman–Crippen LogP) is 1.75. The van der Waals surface area contributed by atoms with Gasteiger partial charge in [-0.3, -0.25) is 0 Å². The number of rotatable bonds is 1. The van der Waals surface area contributed by atoms with E-state index in [0.717, 1.165) is 0 Å². The van der Waals surface area contributed by atoms with E-state index >= 15 is 0 Å². The van der Waals surface area contributed by atoms with Crippen LogP contribution >= 0.6 is 0 Å². The van der Waals surface area contributed by atoms with E-state index in [2.05, 4.69) is 34.2 Å². The maximum absolute atomic E-state index is 2.53. The molecule has 0 saturated heterocycles. The lowest BCUT2D eigenvalue weighted by Crippen LogP contribution is -2.40. The summed E-state index contributed by atoms with van der Waals surface area (Å²) in [5.41, 5.74) is 0. The molecule has 0 aromatic carbocycles. The van der Waals surface area contributed by atoms with Crippen molar-refractivity contribution in [2.24, 2.45) is 0 Å². The molecule has 1 atom stereocenters. The van der Waals surface area contributed by atoms with E-state index in [1.165, 1.54) is 15.8 Å². The fourth-order valence-electron chi connectivity index (χ4n) is 0.530. The average Bonchev–Trinajstić information content (AvgIpc) is 1.64. The minimum atomic E-state index is -0.740. The second-order valence-corrected chi connectivity index (χ2v) is 17.1. The van der Waals surface area contributed by atoms with E-state index in [1.54, 1.807) is 0 Å². The first-order valence-electron chi connectivity index (χ1n) is 3.81. The van der Waals surface area contributed by atoms with Crippen molar-refractivity contribution < 1.29 is 0 Å². The lowest BCUT2D eigenvalue weighted by atomic mass is 10.2. The van der Waals surface area contributed by atoms with Crippen LogP contribution in [0.1, 0.15) is 27.7 Å². The summed E-state index contributed by atoms with van der Waals surface area (Å²) in [6.07, 6.45) is 0. The first kappa shape index (κ1) is 9.43. The van der Waals surface area contributed by atoms with Gasteiger partial charge < -0.3 is 0 Å². The van der Waals surface area contributed by atoms with Gasteiger partial charge in [0.2, 0.25) is 0 Å². The summed E-state index contributed by atoms with van der Waals surface area (Å²) in [6, 6.07) is 1.46. The van der Waals surface area contributed by atoms with Gasteiger partial charge in [-0.2, -0.15) is 0 Å². The van der Waals surface area contributed by atoms with Crippen LogP contribution in [-0.4, -0.2) is 17.4 Å². The molecule has 0 aromatic heterocycles. The zero-order valence-corrected chi connectivity index (χ0v) is 10.7. The SMILES string of the molecule is CC[Si](C)([SiH3])C(C)(C)C. The smallest absolute Gasteiger partial charge is 0.0383 e. The Kier molecular flexibility index (Phi) is 2.71. The molecule has 0 spiro atoms. The molecular formula is C7H20Si2. The molecule has 0 aliphatic carbocycles. The van der Waals surface area contributed by atoms with Crippen LogP contribution in [0.4, 0.5) is 0 Å². The van der Waals surface area contributed by atoms with Crippen LogP contribution in [0.15, 0.2) is 0 Å². The standard InChI is InChI=1S/C7H20Si2/c1-6-9(5,8)7(2,3)4/h6H2,1-5,8H3. The molecule has 9 heavy (non-hydrogen) atoms. The van der Waals surface area contributed by atoms with Gasteiger partial charge in [-0.05, 0) is 14.8 Å². The van der Waals surface area contributed by atoms with Gasteiger partial charge in [-0.1, -0.05) is 40.3 Å². The largest absolute Gasteiger partial charge is 0.0714 e. The number of hydrogen-bond donors (Lipinski definition) is 0. The van der Waals surface area contributed by atoms with Crippen LogP contribution in [0.5, 0.6) is 0 Å². The second-order valence-electron chi connectivity index (χ2n) is 4.49. The molecule has 0 aliphatic heterocycles. The highest BCUT2D eigenvalue weighted by Crippen LogP contribution is 2.35. The van der Waals surface area contributed by atoms with Crippen molar-refractivity contribution in [3.63, 3.8) is 0 Å². The van der Waals surface area contributed by atoms with Crippen molar-refractivity contribution >= 4 is 17.4 Å². The van der Waals surface area contributed by atoms with Crippen LogP contribution in [-0.2, 0) is 0 Å². The van der Waals surface area contributed by atoms with E-state index in [-0.39, 0.29) is 0 Å². The summed E-state index contributed by atoms with van der Waals surface area (Å²) in [5.74, 6) is 0. The Labute approximate surface area is 63.3 Å². The molecular weight excluding hydrogens is 140 g/mol. The highest BCUT2D eigenvalue weighted by Gasteiger charge is 2.32. The molecule has 0 bridgehead atoms. The van der Waals surface area contributed by atoms with Crippen molar-refractivity contribution in [3.05, 3.63) is 0 Å². The van der Waals surface area contributed by atoms with Crippen molar-refractivity contribution in [1.29, 1.82) is 0 Å². The van der Waals surface area contributed by atoms with Gasteiger partial charge in [0.05, 0.1) is 0 Å². The quantitative estimate of drug-likeness (QED) is 0.513. The molecule has 0 N–H and O–H groups in total. The summed E-state index contributed by atoms with van der Waals surface area (Å²) >= 11 is 0. The molecule has 0 saturated carbocycles. The van der Waals surface area contributed by atoms with Crippen LogP contribution in [0.3, 0.4) is 0 Å². The van der Waals surface area contributed by atoms with Crippen molar-refractivity contribution in [2.45, 2.75) is 45.3 Å². The first-order valence-corrected chi connectivity index (χ1v) is 10.0. The van der Waals surface area contributed by atoms with Gasteiger partial charge in [-0.15, -0.1) is 0 Å². The first-order chi connectivity index (χ1) is 3.81. The average molecular weight is 160 g/mol. The fraction of sp³-hybridized carbons (Fsp3) is 1.00. The summed E-state index contributed by atoms with van der Waals surface area (Å²) in [4.78, 5) is 0. The molecule has 0 radical (unpaired) electrons. The third kappa shape index (κ3) is 2.26. The van der Waals surface area contributed by atoms with Gasteiger partial charge in [0.15, 0.2) is 0 Å². The van der Waals surface area contributed by atoms with Crippen molar-refractivity contribution in [1.82, 2.24) is 0 Å². The maximum Gasteiger partial charge on any atom is 0.0383 e.